The van der Waals surface area contributed by atoms with Crippen molar-refractivity contribution in [3.63, 3.8) is 0 Å². The number of nitrogens with zero attached hydrogens (tertiary/aromatic N) is 4. The standard InChI is InChI=1S/C17H16N4OS/c22-17(14-11-18-7-8-19-14)21-9-5-12(6-10-21)16-20-13-3-1-2-4-15(13)23-16/h1-4,7-8,11-12H,5-6,9-10H2. The minimum atomic E-state index is -0.0270. The molecule has 0 saturated carbocycles. The van der Waals surface area contributed by atoms with Gasteiger partial charge < -0.3 is 4.90 Å². The molecule has 0 unspecified atom stereocenters. The minimum absolute atomic E-state index is 0.0270. The molecule has 3 aromatic rings. The van der Waals surface area contributed by atoms with E-state index in [1.807, 2.05) is 17.0 Å². The summed E-state index contributed by atoms with van der Waals surface area (Å²) in [7, 11) is 0. The van der Waals surface area contributed by atoms with Crippen LogP contribution in [0.1, 0.15) is 34.3 Å². The Bertz CT molecular complexity index is 792. The van der Waals surface area contributed by atoms with Gasteiger partial charge in [0.25, 0.3) is 5.91 Å². The zero-order valence-electron chi connectivity index (χ0n) is 12.6. The van der Waals surface area contributed by atoms with E-state index in [0.29, 0.717) is 11.6 Å². The number of hydrogen-bond donors (Lipinski definition) is 0. The van der Waals surface area contributed by atoms with Crippen molar-refractivity contribution >= 4 is 27.5 Å². The molecule has 2 aromatic heterocycles. The summed E-state index contributed by atoms with van der Waals surface area (Å²) in [4.78, 5) is 27.1. The van der Waals surface area contributed by atoms with Crippen LogP contribution in [0.2, 0.25) is 0 Å². The van der Waals surface area contributed by atoms with Crippen molar-refractivity contribution in [2.75, 3.05) is 13.1 Å². The van der Waals surface area contributed by atoms with Crippen LogP contribution in [0.5, 0.6) is 0 Å². The number of carbonyl (C=O) groups excluding carboxylic acids is 1. The molecule has 0 spiro atoms. The highest BCUT2D eigenvalue weighted by atomic mass is 32.1. The van der Waals surface area contributed by atoms with Gasteiger partial charge in [0.05, 0.1) is 21.4 Å². The second kappa shape index (κ2) is 6.04. The van der Waals surface area contributed by atoms with Crippen molar-refractivity contribution in [1.29, 1.82) is 0 Å². The number of fused-ring (bicyclic) bond motifs is 1. The second-order valence-corrected chi connectivity index (χ2v) is 6.74. The number of para-hydroxylation sites is 1. The zero-order valence-corrected chi connectivity index (χ0v) is 13.4. The van der Waals surface area contributed by atoms with Gasteiger partial charge in [-0.3, -0.25) is 9.78 Å². The molecular weight excluding hydrogens is 308 g/mol. The molecule has 0 N–H and O–H groups in total. The second-order valence-electron chi connectivity index (χ2n) is 5.68. The molecule has 116 valence electrons. The van der Waals surface area contributed by atoms with Gasteiger partial charge in [0.15, 0.2) is 0 Å². The summed E-state index contributed by atoms with van der Waals surface area (Å²) in [6.45, 7) is 1.49. The van der Waals surface area contributed by atoms with Gasteiger partial charge in [-0.25, -0.2) is 9.97 Å². The zero-order chi connectivity index (χ0) is 15.6. The summed E-state index contributed by atoms with van der Waals surface area (Å²) >= 11 is 1.77. The molecule has 4 rings (SSSR count). The maximum absolute atomic E-state index is 12.4. The van der Waals surface area contributed by atoms with Crippen LogP contribution in [-0.2, 0) is 0 Å². The maximum Gasteiger partial charge on any atom is 0.274 e. The molecule has 0 aliphatic carbocycles. The Hall–Kier alpha value is -2.34. The lowest BCUT2D eigenvalue weighted by Crippen LogP contribution is -2.38. The topological polar surface area (TPSA) is 59.0 Å². The average molecular weight is 324 g/mol. The number of thiazole rings is 1. The van der Waals surface area contributed by atoms with Crippen LogP contribution >= 0.6 is 11.3 Å². The molecule has 0 atom stereocenters. The Balaban J connectivity index is 1.45. The van der Waals surface area contributed by atoms with Crippen LogP contribution < -0.4 is 0 Å². The van der Waals surface area contributed by atoms with Gasteiger partial charge in [0, 0.05) is 31.4 Å². The SMILES string of the molecule is O=C(c1cnccn1)N1CCC(c2nc3ccccc3s2)CC1. The monoisotopic (exact) mass is 324 g/mol. The predicted octanol–water partition coefficient (Wildman–Crippen LogP) is 3.11. The number of rotatable bonds is 2. The van der Waals surface area contributed by atoms with Gasteiger partial charge in [-0.05, 0) is 25.0 Å². The Morgan fingerprint density at radius 2 is 2.00 bits per heavy atom. The first-order valence-corrected chi connectivity index (χ1v) is 8.53. The van der Waals surface area contributed by atoms with Crippen molar-refractivity contribution in [1.82, 2.24) is 19.9 Å². The van der Waals surface area contributed by atoms with Crippen molar-refractivity contribution in [2.24, 2.45) is 0 Å². The van der Waals surface area contributed by atoms with Gasteiger partial charge in [0.2, 0.25) is 0 Å². The third-order valence-corrected chi connectivity index (χ3v) is 5.42. The van der Waals surface area contributed by atoms with Crippen LogP contribution in [-0.4, -0.2) is 38.8 Å². The summed E-state index contributed by atoms with van der Waals surface area (Å²) in [6, 6.07) is 8.24. The van der Waals surface area contributed by atoms with Crippen molar-refractivity contribution in [3.8, 4) is 0 Å². The molecule has 0 bridgehead atoms. The number of piperidine rings is 1. The number of hydrogen-bond acceptors (Lipinski definition) is 5. The molecule has 1 aliphatic heterocycles. The average Bonchev–Trinajstić information content (AvgIpc) is 3.06. The lowest BCUT2D eigenvalue weighted by molar-refractivity contribution is 0.0706. The quantitative estimate of drug-likeness (QED) is 0.727. The molecule has 6 heteroatoms. The van der Waals surface area contributed by atoms with Crippen LogP contribution in [0.25, 0.3) is 10.2 Å². The van der Waals surface area contributed by atoms with Crippen molar-refractivity contribution < 1.29 is 4.79 Å². The molecule has 5 nitrogen and oxygen atoms in total. The van der Waals surface area contributed by atoms with E-state index in [0.717, 1.165) is 31.4 Å². The smallest absolute Gasteiger partial charge is 0.274 e. The first-order chi connectivity index (χ1) is 11.3. The largest absolute Gasteiger partial charge is 0.337 e. The molecule has 3 heterocycles. The first kappa shape index (κ1) is 14.3. The van der Waals surface area contributed by atoms with E-state index in [2.05, 4.69) is 22.1 Å². The third-order valence-electron chi connectivity index (χ3n) is 4.22. The van der Waals surface area contributed by atoms with Crippen LogP contribution in [0.3, 0.4) is 0 Å². The molecule has 1 saturated heterocycles. The number of amides is 1. The fourth-order valence-corrected chi connectivity index (χ4v) is 4.10. The van der Waals surface area contributed by atoms with Crippen LogP contribution in [0, 0.1) is 0 Å². The highest BCUT2D eigenvalue weighted by molar-refractivity contribution is 7.18. The van der Waals surface area contributed by atoms with Crippen LogP contribution in [0.4, 0.5) is 0 Å². The lowest BCUT2D eigenvalue weighted by atomic mass is 9.97. The number of aromatic nitrogens is 3. The number of carbonyl (C=O) groups is 1. The lowest BCUT2D eigenvalue weighted by Gasteiger charge is -2.30. The first-order valence-electron chi connectivity index (χ1n) is 7.72. The van der Waals surface area contributed by atoms with Gasteiger partial charge in [0.1, 0.15) is 5.69 Å². The Kier molecular flexibility index (Phi) is 3.75. The fraction of sp³-hybridized carbons (Fsp3) is 0.294. The van der Waals surface area contributed by atoms with E-state index in [-0.39, 0.29) is 5.91 Å². The number of benzene rings is 1. The molecule has 23 heavy (non-hydrogen) atoms. The Labute approximate surface area is 138 Å². The van der Waals surface area contributed by atoms with Crippen LogP contribution in [0.15, 0.2) is 42.9 Å². The summed E-state index contributed by atoms with van der Waals surface area (Å²) in [6.07, 6.45) is 6.57. The summed E-state index contributed by atoms with van der Waals surface area (Å²) in [5, 5.41) is 1.19. The molecule has 1 aromatic carbocycles. The fourth-order valence-electron chi connectivity index (χ4n) is 2.97. The van der Waals surface area contributed by atoms with E-state index >= 15 is 0 Å². The third kappa shape index (κ3) is 2.82. The Morgan fingerprint density at radius 3 is 2.74 bits per heavy atom. The van der Waals surface area contributed by atoms with E-state index in [9.17, 15) is 4.79 Å². The van der Waals surface area contributed by atoms with E-state index in [1.54, 1.807) is 23.7 Å². The summed E-state index contributed by atoms with van der Waals surface area (Å²) < 4.78 is 1.24. The maximum atomic E-state index is 12.4. The molecular formula is C17H16N4OS. The van der Waals surface area contributed by atoms with Gasteiger partial charge in [-0.15, -0.1) is 11.3 Å². The summed E-state index contributed by atoms with van der Waals surface area (Å²) in [5.74, 6) is 0.416. The normalized spacial score (nSPS) is 15.9. The molecule has 1 aliphatic rings. The highest BCUT2D eigenvalue weighted by Crippen LogP contribution is 2.33. The van der Waals surface area contributed by atoms with Gasteiger partial charge >= 0.3 is 0 Å². The minimum Gasteiger partial charge on any atom is -0.337 e. The predicted molar refractivity (Wildman–Crippen MR) is 89.5 cm³/mol. The molecule has 1 amide bonds. The van der Waals surface area contributed by atoms with Gasteiger partial charge in [-0.1, -0.05) is 12.1 Å². The summed E-state index contributed by atoms with van der Waals surface area (Å²) in [5.41, 5.74) is 1.50. The van der Waals surface area contributed by atoms with Crippen molar-refractivity contribution in [2.45, 2.75) is 18.8 Å². The molecule has 1 fully saturated rings. The highest BCUT2D eigenvalue weighted by Gasteiger charge is 2.27. The van der Waals surface area contributed by atoms with E-state index < -0.39 is 0 Å². The molecule has 0 radical (unpaired) electrons. The van der Waals surface area contributed by atoms with Gasteiger partial charge in [-0.2, -0.15) is 0 Å². The van der Waals surface area contributed by atoms with E-state index in [1.165, 1.54) is 15.9 Å². The Morgan fingerprint density at radius 1 is 1.17 bits per heavy atom. The van der Waals surface area contributed by atoms with Crippen molar-refractivity contribution in [3.05, 3.63) is 53.6 Å². The van der Waals surface area contributed by atoms with E-state index in [4.69, 9.17) is 4.98 Å². The number of likely N-dealkylation sites (tertiary alicyclic amines) is 1.